The van der Waals surface area contributed by atoms with Gasteiger partial charge in [0.2, 0.25) is 5.91 Å². The predicted molar refractivity (Wildman–Crippen MR) is 105 cm³/mol. The van der Waals surface area contributed by atoms with E-state index in [1.54, 1.807) is 25.1 Å². The number of likely N-dealkylation sites (tertiary alicyclic amines) is 1. The van der Waals surface area contributed by atoms with Gasteiger partial charge >= 0.3 is 0 Å². The monoisotopic (exact) mass is 435 g/mol. The number of carbonyl (C=O) groups excluding carboxylic acids is 1. The van der Waals surface area contributed by atoms with E-state index in [1.807, 2.05) is 0 Å². The molecular weight excluding hydrogens is 405 g/mol. The van der Waals surface area contributed by atoms with Crippen LogP contribution >= 0.6 is 24.0 Å². The minimum atomic E-state index is -0.000833. The van der Waals surface area contributed by atoms with Crippen LogP contribution in [0.1, 0.15) is 26.2 Å². The molecule has 0 spiro atoms. The minimum Gasteiger partial charge on any atom is -0.353 e. The van der Waals surface area contributed by atoms with Crippen LogP contribution in [0.15, 0.2) is 17.6 Å². The van der Waals surface area contributed by atoms with Crippen molar-refractivity contribution in [1.82, 2.24) is 20.4 Å². The fraction of sp³-hybridized carbons (Fsp3) is 0.750. The summed E-state index contributed by atoms with van der Waals surface area (Å²) in [4.78, 5) is 20.2. The summed E-state index contributed by atoms with van der Waals surface area (Å²) in [5.41, 5.74) is 0. The number of halogens is 1. The second-order valence-corrected chi connectivity index (χ2v) is 6.48. The number of likely N-dealkylation sites (N-methyl/N-ethyl adjacent to an activating group) is 1. The van der Waals surface area contributed by atoms with E-state index in [9.17, 15) is 4.79 Å². The van der Waals surface area contributed by atoms with Crippen molar-refractivity contribution in [2.24, 2.45) is 4.99 Å². The molecule has 7 heteroatoms. The zero-order valence-electron chi connectivity index (χ0n) is 14.4. The minimum absolute atomic E-state index is 0. The summed E-state index contributed by atoms with van der Waals surface area (Å²) in [6.07, 6.45) is 5.58. The van der Waals surface area contributed by atoms with E-state index in [0.29, 0.717) is 24.6 Å². The summed E-state index contributed by atoms with van der Waals surface area (Å²) in [6, 6.07) is 1.80. The number of hydrogen-bond acceptors (Lipinski definition) is 3. The van der Waals surface area contributed by atoms with Gasteiger partial charge in [0.1, 0.15) is 6.54 Å². The van der Waals surface area contributed by atoms with Crippen molar-refractivity contribution in [2.45, 2.75) is 44.3 Å². The van der Waals surface area contributed by atoms with E-state index in [1.165, 1.54) is 12.8 Å². The maximum absolute atomic E-state index is 11.7. The Morgan fingerprint density at radius 1 is 1.43 bits per heavy atom. The molecule has 23 heavy (non-hydrogen) atoms. The van der Waals surface area contributed by atoms with E-state index in [2.05, 4.69) is 34.0 Å². The van der Waals surface area contributed by atoms with Gasteiger partial charge in [-0.3, -0.25) is 9.69 Å². The summed E-state index contributed by atoms with van der Waals surface area (Å²) >= 11 is 0. The van der Waals surface area contributed by atoms with Gasteiger partial charge in [0.25, 0.3) is 0 Å². The molecule has 1 aliphatic heterocycles. The molecule has 6 nitrogen and oxygen atoms in total. The lowest BCUT2D eigenvalue weighted by atomic mass is 10.2. The lowest BCUT2D eigenvalue weighted by molar-refractivity contribution is -0.127. The third-order valence-corrected chi connectivity index (χ3v) is 4.26. The lowest BCUT2D eigenvalue weighted by Crippen LogP contribution is -2.45. The van der Waals surface area contributed by atoms with Crippen LogP contribution in [0.5, 0.6) is 0 Å². The Bertz CT molecular complexity index is 436. The Morgan fingerprint density at radius 3 is 2.70 bits per heavy atom. The molecule has 1 saturated carbocycles. The van der Waals surface area contributed by atoms with Crippen LogP contribution < -0.4 is 10.6 Å². The van der Waals surface area contributed by atoms with Crippen LogP contribution in [-0.4, -0.2) is 73.5 Å². The third-order valence-electron chi connectivity index (χ3n) is 4.26. The molecule has 2 atom stereocenters. The van der Waals surface area contributed by atoms with Crippen LogP contribution in [0, 0.1) is 0 Å². The highest BCUT2D eigenvalue weighted by molar-refractivity contribution is 14.0. The summed E-state index contributed by atoms with van der Waals surface area (Å²) in [6.45, 7) is 7.86. The van der Waals surface area contributed by atoms with Crippen molar-refractivity contribution in [3.05, 3.63) is 12.7 Å². The number of aliphatic imine (C=N–C) groups is 1. The van der Waals surface area contributed by atoms with Gasteiger partial charge in [-0.25, -0.2) is 4.99 Å². The van der Waals surface area contributed by atoms with E-state index < -0.39 is 0 Å². The predicted octanol–water partition coefficient (Wildman–Crippen LogP) is 1.04. The summed E-state index contributed by atoms with van der Waals surface area (Å²) in [5.74, 6) is 0.698. The third kappa shape index (κ3) is 6.29. The molecule has 2 unspecified atom stereocenters. The van der Waals surface area contributed by atoms with Gasteiger partial charge in [-0.1, -0.05) is 6.08 Å². The Morgan fingerprint density at radius 2 is 2.13 bits per heavy atom. The second-order valence-electron chi connectivity index (χ2n) is 6.48. The van der Waals surface area contributed by atoms with Gasteiger partial charge in [0, 0.05) is 45.3 Å². The largest absolute Gasteiger partial charge is 0.353 e. The molecule has 1 aliphatic carbocycles. The maximum atomic E-state index is 11.7. The number of amides is 1. The molecule has 0 radical (unpaired) electrons. The van der Waals surface area contributed by atoms with E-state index in [-0.39, 0.29) is 36.4 Å². The first-order valence-corrected chi connectivity index (χ1v) is 8.13. The van der Waals surface area contributed by atoms with E-state index >= 15 is 0 Å². The highest BCUT2D eigenvalue weighted by Gasteiger charge is 2.38. The van der Waals surface area contributed by atoms with Crippen molar-refractivity contribution in [3.63, 3.8) is 0 Å². The van der Waals surface area contributed by atoms with Gasteiger partial charge in [-0.15, -0.1) is 30.6 Å². The highest BCUT2D eigenvalue weighted by Crippen LogP contribution is 2.33. The van der Waals surface area contributed by atoms with Gasteiger partial charge in [0.05, 0.1) is 0 Å². The summed E-state index contributed by atoms with van der Waals surface area (Å²) in [5, 5.41) is 6.66. The van der Waals surface area contributed by atoms with Crippen molar-refractivity contribution < 1.29 is 4.79 Å². The maximum Gasteiger partial charge on any atom is 0.243 e. The van der Waals surface area contributed by atoms with Gasteiger partial charge < -0.3 is 15.5 Å². The number of nitrogens with one attached hydrogen (secondary N) is 2. The first-order valence-electron chi connectivity index (χ1n) is 8.13. The second kappa shape index (κ2) is 9.46. The fourth-order valence-corrected chi connectivity index (χ4v) is 2.88. The van der Waals surface area contributed by atoms with Crippen LogP contribution in [0.3, 0.4) is 0 Å². The van der Waals surface area contributed by atoms with Crippen LogP contribution in [0.2, 0.25) is 0 Å². The molecule has 0 aromatic carbocycles. The first kappa shape index (κ1) is 20.2. The topological polar surface area (TPSA) is 60.0 Å². The molecule has 2 fully saturated rings. The SMILES string of the molecule is C=CCNC(=NCC(=O)N(C)C)NC1CC(C)N(C2CC2)C1.I. The van der Waals surface area contributed by atoms with E-state index in [4.69, 9.17) is 0 Å². The molecule has 2 aliphatic rings. The number of nitrogens with zero attached hydrogens (tertiary/aromatic N) is 3. The Labute approximate surface area is 156 Å². The molecule has 0 aromatic heterocycles. The van der Waals surface area contributed by atoms with Crippen LogP contribution in [0.4, 0.5) is 0 Å². The zero-order chi connectivity index (χ0) is 16.1. The Balaban J connectivity index is 0.00000264. The Kier molecular flexibility index (Phi) is 8.32. The van der Waals surface area contributed by atoms with Crippen LogP contribution in [-0.2, 0) is 4.79 Å². The molecule has 2 rings (SSSR count). The molecule has 1 heterocycles. The van der Waals surface area contributed by atoms with Crippen LogP contribution in [0.25, 0.3) is 0 Å². The van der Waals surface area contributed by atoms with Crippen molar-refractivity contribution in [3.8, 4) is 0 Å². The molecule has 132 valence electrons. The molecule has 0 bridgehead atoms. The fourth-order valence-electron chi connectivity index (χ4n) is 2.88. The molecular formula is C16H30IN5O. The average Bonchev–Trinajstić information content (AvgIpc) is 3.25. The summed E-state index contributed by atoms with van der Waals surface area (Å²) < 4.78 is 0. The number of hydrogen-bond donors (Lipinski definition) is 2. The highest BCUT2D eigenvalue weighted by atomic mass is 127. The zero-order valence-corrected chi connectivity index (χ0v) is 16.7. The van der Waals surface area contributed by atoms with E-state index in [0.717, 1.165) is 19.0 Å². The first-order chi connectivity index (χ1) is 10.5. The Hall–Kier alpha value is -0.830. The molecule has 1 amide bonds. The summed E-state index contributed by atoms with van der Waals surface area (Å²) in [7, 11) is 3.49. The number of guanidine groups is 1. The quantitative estimate of drug-likeness (QED) is 0.283. The van der Waals surface area contributed by atoms with Gasteiger partial charge in [-0.05, 0) is 26.2 Å². The van der Waals surface area contributed by atoms with Crippen molar-refractivity contribution in [2.75, 3.05) is 33.7 Å². The molecule has 2 N–H and O–H groups in total. The molecule has 1 saturated heterocycles. The average molecular weight is 435 g/mol. The van der Waals surface area contributed by atoms with Crippen molar-refractivity contribution >= 4 is 35.8 Å². The van der Waals surface area contributed by atoms with Crippen molar-refractivity contribution in [1.29, 1.82) is 0 Å². The van der Waals surface area contributed by atoms with Gasteiger partial charge in [0.15, 0.2) is 5.96 Å². The normalized spacial score (nSPS) is 24.7. The standard InChI is InChI=1S/C16H29N5O.HI/c1-5-8-17-16(18-10-15(22)20(3)4)19-13-9-12(2)21(11-13)14-6-7-14;/h5,12-14H,1,6-11H2,2-4H3,(H2,17,18,19);1H. The smallest absolute Gasteiger partial charge is 0.243 e. The molecule has 0 aromatic rings. The number of rotatable bonds is 6. The van der Waals surface area contributed by atoms with Gasteiger partial charge in [-0.2, -0.15) is 0 Å². The lowest BCUT2D eigenvalue weighted by Gasteiger charge is -2.20. The number of carbonyl (C=O) groups is 1.